The van der Waals surface area contributed by atoms with E-state index in [0.717, 1.165) is 19.3 Å². The fourth-order valence-corrected chi connectivity index (χ4v) is 7.00. The van der Waals surface area contributed by atoms with Crippen LogP contribution in [0.3, 0.4) is 0 Å². The van der Waals surface area contributed by atoms with E-state index in [0.29, 0.717) is 48.8 Å². The third-order valence-corrected chi connectivity index (χ3v) is 9.36. The van der Waals surface area contributed by atoms with Gasteiger partial charge in [-0.25, -0.2) is 22.2 Å². The molecule has 3 saturated carbocycles. The molecule has 35 heavy (non-hydrogen) atoms. The number of anilines is 1. The summed E-state index contributed by atoms with van der Waals surface area (Å²) in [4.78, 5) is 21.8. The number of sulfonamides is 1. The van der Waals surface area contributed by atoms with Crippen molar-refractivity contribution >= 4 is 27.0 Å². The summed E-state index contributed by atoms with van der Waals surface area (Å²) in [6.45, 7) is 0.633. The first kappa shape index (κ1) is 22.5. The lowest BCUT2D eigenvalue weighted by atomic mass is 9.49. The van der Waals surface area contributed by atoms with Crippen molar-refractivity contribution in [1.82, 2.24) is 28.6 Å². The Morgan fingerprint density at radius 3 is 2.49 bits per heavy atom. The Morgan fingerprint density at radius 1 is 1.20 bits per heavy atom. The fraction of sp³-hybridized carbons (Fsp3) is 0.545. The van der Waals surface area contributed by atoms with Gasteiger partial charge in [-0.1, -0.05) is 0 Å². The Kier molecular flexibility index (Phi) is 5.01. The van der Waals surface area contributed by atoms with Crippen LogP contribution in [0.2, 0.25) is 0 Å². The number of rotatable bonds is 6. The highest BCUT2D eigenvalue weighted by atomic mass is 32.2. The first-order valence-corrected chi connectivity index (χ1v) is 13.1. The van der Waals surface area contributed by atoms with Gasteiger partial charge < -0.3 is 5.32 Å². The molecule has 0 aromatic carbocycles. The lowest BCUT2D eigenvalue weighted by Crippen LogP contribution is -2.62. The van der Waals surface area contributed by atoms with Crippen molar-refractivity contribution in [3.63, 3.8) is 0 Å². The standard InChI is InChI=1S/C22H25F2N7O3S/c1-29-5-4-17(28-29)35(33,34)30-6-2-15(3-7-30)26-21-25-12-14-8-16(18(23)24)20(32)31(19(14)27-21)22-9-13(10-22)11-22/h4-5,8,12-13,15,18H,2-3,6-7,9-11H2,1H3,(H,25,26,27). The third-order valence-electron chi connectivity index (χ3n) is 7.56. The monoisotopic (exact) mass is 505 g/mol. The van der Waals surface area contributed by atoms with Crippen molar-refractivity contribution in [3.8, 4) is 0 Å². The maximum atomic E-state index is 13.6. The molecule has 13 heteroatoms. The van der Waals surface area contributed by atoms with Crippen LogP contribution in [0.5, 0.6) is 0 Å². The zero-order chi connectivity index (χ0) is 24.5. The lowest BCUT2D eigenvalue weighted by molar-refractivity contribution is -0.0888. The second-order valence-electron chi connectivity index (χ2n) is 9.87. The van der Waals surface area contributed by atoms with E-state index in [1.807, 2.05) is 0 Å². The van der Waals surface area contributed by atoms with Gasteiger partial charge in [0.25, 0.3) is 22.0 Å². The molecule has 0 radical (unpaired) electrons. The molecule has 1 saturated heterocycles. The van der Waals surface area contributed by atoms with Crippen LogP contribution in [0.4, 0.5) is 14.7 Å². The molecule has 2 bridgehead atoms. The van der Waals surface area contributed by atoms with Crippen molar-refractivity contribution in [3.05, 3.63) is 40.4 Å². The van der Waals surface area contributed by atoms with Crippen LogP contribution >= 0.6 is 0 Å². The first-order chi connectivity index (χ1) is 16.7. The molecule has 0 unspecified atom stereocenters. The number of nitrogens with zero attached hydrogens (tertiary/aromatic N) is 6. The van der Waals surface area contributed by atoms with E-state index < -0.39 is 33.1 Å². The molecule has 0 amide bonds. The Morgan fingerprint density at radius 2 is 1.91 bits per heavy atom. The molecule has 0 atom stereocenters. The van der Waals surface area contributed by atoms with Crippen molar-refractivity contribution in [1.29, 1.82) is 0 Å². The second kappa shape index (κ2) is 7.79. The molecule has 10 nitrogen and oxygen atoms in total. The molecule has 1 aliphatic heterocycles. The van der Waals surface area contributed by atoms with Crippen LogP contribution in [0.25, 0.3) is 11.0 Å². The van der Waals surface area contributed by atoms with Gasteiger partial charge in [0.15, 0.2) is 5.03 Å². The minimum absolute atomic E-state index is 0.0269. The van der Waals surface area contributed by atoms with E-state index in [9.17, 15) is 22.0 Å². The number of piperidine rings is 1. The Labute approximate surface area is 200 Å². The number of hydrogen-bond acceptors (Lipinski definition) is 7. The number of aryl methyl sites for hydroxylation is 1. The summed E-state index contributed by atoms with van der Waals surface area (Å²) in [7, 11) is -1.99. The van der Waals surface area contributed by atoms with Crippen molar-refractivity contribution < 1.29 is 17.2 Å². The molecule has 0 spiro atoms. The van der Waals surface area contributed by atoms with E-state index in [2.05, 4.69) is 20.4 Å². The average Bonchev–Trinajstić information content (AvgIpc) is 3.21. The van der Waals surface area contributed by atoms with Crippen LogP contribution < -0.4 is 10.9 Å². The van der Waals surface area contributed by atoms with Gasteiger partial charge in [-0.05, 0) is 50.2 Å². The maximum absolute atomic E-state index is 13.6. The normalized spacial score (nSPS) is 25.0. The summed E-state index contributed by atoms with van der Waals surface area (Å²) in [5.74, 6) is 0.854. The second-order valence-corrected chi connectivity index (χ2v) is 11.8. The topological polar surface area (TPSA) is 115 Å². The van der Waals surface area contributed by atoms with Gasteiger partial charge in [0.1, 0.15) is 5.65 Å². The molecule has 1 N–H and O–H groups in total. The largest absolute Gasteiger partial charge is 0.351 e. The van der Waals surface area contributed by atoms with Gasteiger partial charge in [-0.3, -0.25) is 14.0 Å². The third kappa shape index (κ3) is 3.54. The molecule has 186 valence electrons. The fourth-order valence-electron chi connectivity index (χ4n) is 5.58. The van der Waals surface area contributed by atoms with E-state index in [1.165, 1.54) is 31.9 Å². The predicted molar refractivity (Wildman–Crippen MR) is 123 cm³/mol. The number of fused-ring (bicyclic) bond motifs is 1. The van der Waals surface area contributed by atoms with Gasteiger partial charge in [0.05, 0.1) is 11.1 Å². The molecule has 3 aliphatic carbocycles. The van der Waals surface area contributed by atoms with Crippen LogP contribution in [0, 0.1) is 5.92 Å². The summed E-state index contributed by atoms with van der Waals surface area (Å²) < 4.78 is 57.1. The number of halogens is 2. The number of aromatic nitrogens is 5. The molecule has 3 aromatic heterocycles. The smallest absolute Gasteiger partial charge is 0.269 e. The Balaban J connectivity index is 1.23. The van der Waals surface area contributed by atoms with Crippen molar-refractivity contribution in [2.24, 2.45) is 13.0 Å². The summed E-state index contributed by atoms with van der Waals surface area (Å²) in [5.41, 5.74) is -1.25. The zero-order valence-electron chi connectivity index (χ0n) is 19.1. The van der Waals surface area contributed by atoms with Gasteiger partial charge in [0, 0.05) is 44.0 Å². The minimum Gasteiger partial charge on any atom is -0.351 e. The molecule has 4 heterocycles. The number of hydrogen-bond donors (Lipinski definition) is 1. The van der Waals surface area contributed by atoms with Gasteiger partial charge >= 0.3 is 0 Å². The number of alkyl halides is 2. The first-order valence-electron chi connectivity index (χ1n) is 11.6. The highest BCUT2D eigenvalue weighted by Crippen LogP contribution is 2.62. The summed E-state index contributed by atoms with van der Waals surface area (Å²) in [6.07, 6.45) is 3.70. The molecular formula is C22H25F2N7O3S. The predicted octanol–water partition coefficient (Wildman–Crippen LogP) is 2.24. The summed E-state index contributed by atoms with van der Waals surface area (Å²) in [6, 6.07) is 2.60. The molecular weight excluding hydrogens is 480 g/mol. The van der Waals surface area contributed by atoms with Crippen LogP contribution in [-0.4, -0.2) is 56.2 Å². The SMILES string of the molecule is Cn1ccc(S(=O)(=O)N2CCC(Nc3ncc4cc(C(F)F)c(=O)n(C56CC(C5)C6)c4n3)CC2)n1. The Hall–Kier alpha value is -2.93. The van der Waals surface area contributed by atoms with Crippen LogP contribution in [-0.2, 0) is 22.6 Å². The highest BCUT2D eigenvalue weighted by Gasteiger charge is 2.59. The van der Waals surface area contributed by atoms with Gasteiger partial charge in [-0.15, -0.1) is 0 Å². The quantitative estimate of drug-likeness (QED) is 0.546. The molecule has 7 rings (SSSR count). The van der Waals surface area contributed by atoms with E-state index in [4.69, 9.17) is 0 Å². The van der Waals surface area contributed by atoms with E-state index in [1.54, 1.807) is 13.2 Å². The molecule has 4 fully saturated rings. The Bertz CT molecular complexity index is 1460. The van der Waals surface area contributed by atoms with Gasteiger partial charge in [-0.2, -0.15) is 14.4 Å². The molecule has 3 aromatic rings. The highest BCUT2D eigenvalue weighted by molar-refractivity contribution is 7.89. The van der Waals surface area contributed by atoms with Gasteiger partial charge in [0.2, 0.25) is 5.95 Å². The zero-order valence-corrected chi connectivity index (χ0v) is 19.9. The number of nitrogens with one attached hydrogen (secondary N) is 1. The summed E-state index contributed by atoms with van der Waals surface area (Å²) >= 11 is 0. The lowest BCUT2D eigenvalue weighted by Gasteiger charge is -2.62. The molecule has 4 aliphatic rings. The van der Waals surface area contributed by atoms with Crippen molar-refractivity contribution in [2.75, 3.05) is 18.4 Å². The van der Waals surface area contributed by atoms with E-state index >= 15 is 0 Å². The number of pyridine rings is 1. The summed E-state index contributed by atoms with van der Waals surface area (Å²) in [5, 5.41) is 7.70. The van der Waals surface area contributed by atoms with Crippen LogP contribution in [0.15, 0.2) is 34.3 Å². The maximum Gasteiger partial charge on any atom is 0.269 e. The van der Waals surface area contributed by atoms with Crippen LogP contribution in [0.1, 0.15) is 44.1 Å². The van der Waals surface area contributed by atoms with Crippen molar-refractivity contribution in [2.45, 2.75) is 55.1 Å². The van der Waals surface area contributed by atoms with E-state index in [-0.39, 0.29) is 11.1 Å². The minimum atomic E-state index is -3.65. The average molecular weight is 506 g/mol.